The Hall–Kier alpha value is -0.500. The molecule has 4 unspecified atom stereocenters. The van der Waals surface area contributed by atoms with E-state index in [0.29, 0.717) is 0 Å². The maximum absolute atomic E-state index is 6.28. The van der Waals surface area contributed by atoms with Crippen LogP contribution in [0.1, 0.15) is 32.1 Å². The van der Waals surface area contributed by atoms with E-state index in [1.165, 1.54) is 25.7 Å². The molecule has 2 aliphatic carbocycles. The first-order valence-electron chi connectivity index (χ1n) is 5.93. The van der Waals surface area contributed by atoms with Gasteiger partial charge in [-0.05, 0) is 43.1 Å². The van der Waals surface area contributed by atoms with E-state index in [4.69, 9.17) is 10.5 Å². The topological polar surface area (TPSA) is 35.2 Å². The Morgan fingerprint density at radius 3 is 2.86 bits per heavy atom. The third-order valence-corrected chi connectivity index (χ3v) is 4.31. The molecular weight excluding hydrogens is 174 g/mol. The van der Waals surface area contributed by atoms with E-state index in [0.717, 1.165) is 36.5 Å². The lowest BCUT2D eigenvalue weighted by molar-refractivity contribution is 0.186. The third-order valence-electron chi connectivity index (χ3n) is 4.31. The molecule has 0 amide bonds. The van der Waals surface area contributed by atoms with Gasteiger partial charge in [0.05, 0.1) is 12.6 Å². The Morgan fingerprint density at radius 1 is 1.36 bits per heavy atom. The average molecular weight is 193 g/mol. The van der Waals surface area contributed by atoms with Crippen molar-refractivity contribution in [2.24, 2.45) is 23.5 Å². The normalized spacial score (nSPS) is 42.4. The number of rotatable bonds is 2. The van der Waals surface area contributed by atoms with Gasteiger partial charge in [0.15, 0.2) is 0 Å². The van der Waals surface area contributed by atoms with Crippen molar-refractivity contribution in [2.75, 3.05) is 6.61 Å². The van der Waals surface area contributed by atoms with Crippen molar-refractivity contribution in [1.82, 2.24) is 0 Å². The summed E-state index contributed by atoms with van der Waals surface area (Å²) in [5.41, 5.74) is 6.28. The molecule has 2 N–H and O–H groups in total. The molecule has 2 saturated carbocycles. The minimum atomic E-state index is 0.202. The SMILES string of the molecule is NC(C1=CCCO1)C1CC2CCC1C2. The molecule has 0 spiro atoms. The highest BCUT2D eigenvalue weighted by atomic mass is 16.5. The number of hydrogen-bond donors (Lipinski definition) is 1. The largest absolute Gasteiger partial charge is 0.496 e. The van der Waals surface area contributed by atoms with Crippen molar-refractivity contribution >= 4 is 0 Å². The Balaban J connectivity index is 1.70. The summed E-state index contributed by atoms with van der Waals surface area (Å²) in [7, 11) is 0. The first-order chi connectivity index (χ1) is 6.84. The van der Waals surface area contributed by atoms with Crippen LogP contribution in [-0.2, 0) is 4.74 Å². The van der Waals surface area contributed by atoms with Crippen LogP contribution in [0.4, 0.5) is 0 Å². The molecule has 2 bridgehead atoms. The highest BCUT2D eigenvalue weighted by molar-refractivity contribution is 5.11. The quantitative estimate of drug-likeness (QED) is 0.728. The van der Waals surface area contributed by atoms with Gasteiger partial charge >= 0.3 is 0 Å². The molecule has 2 heteroatoms. The lowest BCUT2D eigenvalue weighted by atomic mass is 9.83. The van der Waals surface area contributed by atoms with Crippen LogP contribution >= 0.6 is 0 Å². The van der Waals surface area contributed by atoms with Gasteiger partial charge in [-0.15, -0.1) is 0 Å². The van der Waals surface area contributed by atoms with Gasteiger partial charge in [-0.3, -0.25) is 0 Å². The van der Waals surface area contributed by atoms with Crippen molar-refractivity contribution in [3.05, 3.63) is 11.8 Å². The van der Waals surface area contributed by atoms with Gasteiger partial charge in [0, 0.05) is 6.42 Å². The highest BCUT2D eigenvalue weighted by Gasteiger charge is 2.43. The second-order valence-electron chi connectivity index (χ2n) is 5.11. The summed E-state index contributed by atoms with van der Waals surface area (Å²) in [5, 5.41) is 0. The maximum atomic E-state index is 6.28. The first kappa shape index (κ1) is 8.78. The van der Waals surface area contributed by atoms with E-state index in [9.17, 15) is 0 Å². The fourth-order valence-electron chi connectivity index (χ4n) is 3.61. The number of hydrogen-bond acceptors (Lipinski definition) is 2. The number of fused-ring (bicyclic) bond motifs is 2. The Morgan fingerprint density at radius 2 is 2.29 bits per heavy atom. The molecule has 0 saturated heterocycles. The van der Waals surface area contributed by atoms with E-state index in [2.05, 4.69) is 6.08 Å². The van der Waals surface area contributed by atoms with Gasteiger partial charge in [-0.1, -0.05) is 6.42 Å². The van der Waals surface area contributed by atoms with Gasteiger partial charge in [0.1, 0.15) is 5.76 Å². The van der Waals surface area contributed by atoms with E-state index >= 15 is 0 Å². The van der Waals surface area contributed by atoms with Crippen LogP contribution in [0.25, 0.3) is 0 Å². The summed E-state index contributed by atoms with van der Waals surface area (Å²) in [6.07, 6.45) is 8.91. The van der Waals surface area contributed by atoms with Gasteiger partial charge < -0.3 is 10.5 Å². The smallest absolute Gasteiger partial charge is 0.109 e. The molecule has 0 aromatic heterocycles. The van der Waals surface area contributed by atoms with Gasteiger partial charge in [0.2, 0.25) is 0 Å². The Kier molecular flexibility index (Phi) is 2.05. The van der Waals surface area contributed by atoms with Crippen LogP contribution in [0.3, 0.4) is 0 Å². The molecule has 2 fully saturated rings. The molecule has 78 valence electrons. The van der Waals surface area contributed by atoms with Gasteiger partial charge in [0.25, 0.3) is 0 Å². The van der Waals surface area contributed by atoms with Crippen LogP contribution in [-0.4, -0.2) is 12.6 Å². The van der Waals surface area contributed by atoms with Crippen LogP contribution in [0.2, 0.25) is 0 Å². The fraction of sp³-hybridized carbons (Fsp3) is 0.833. The summed E-state index contributed by atoms with van der Waals surface area (Å²) in [6.45, 7) is 0.851. The van der Waals surface area contributed by atoms with Gasteiger partial charge in [-0.25, -0.2) is 0 Å². The van der Waals surface area contributed by atoms with E-state index in [-0.39, 0.29) is 6.04 Å². The third kappa shape index (κ3) is 1.28. The zero-order chi connectivity index (χ0) is 9.54. The first-order valence-corrected chi connectivity index (χ1v) is 5.93. The highest BCUT2D eigenvalue weighted by Crippen LogP contribution is 2.50. The lowest BCUT2D eigenvalue weighted by Gasteiger charge is -2.28. The molecule has 3 aliphatic rings. The average Bonchev–Trinajstić information content (AvgIpc) is 2.93. The molecule has 4 atom stereocenters. The van der Waals surface area contributed by atoms with Crippen molar-refractivity contribution in [3.8, 4) is 0 Å². The van der Waals surface area contributed by atoms with Crippen molar-refractivity contribution < 1.29 is 4.74 Å². The molecule has 0 radical (unpaired) electrons. The second-order valence-corrected chi connectivity index (χ2v) is 5.11. The van der Waals surface area contributed by atoms with Crippen LogP contribution in [0.15, 0.2) is 11.8 Å². The van der Waals surface area contributed by atoms with Crippen molar-refractivity contribution in [2.45, 2.75) is 38.1 Å². The van der Waals surface area contributed by atoms with Crippen LogP contribution in [0, 0.1) is 17.8 Å². The zero-order valence-electron chi connectivity index (χ0n) is 8.61. The summed E-state index contributed by atoms with van der Waals surface area (Å²) in [4.78, 5) is 0. The van der Waals surface area contributed by atoms with E-state index in [1.54, 1.807) is 0 Å². The van der Waals surface area contributed by atoms with Crippen molar-refractivity contribution in [1.29, 1.82) is 0 Å². The predicted octanol–water partition coefficient (Wildman–Crippen LogP) is 2.05. The fourth-order valence-corrected chi connectivity index (χ4v) is 3.61. The van der Waals surface area contributed by atoms with Gasteiger partial charge in [-0.2, -0.15) is 0 Å². The lowest BCUT2D eigenvalue weighted by Crippen LogP contribution is -2.35. The van der Waals surface area contributed by atoms with Crippen LogP contribution < -0.4 is 5.73 Å². The molecular formula is C12H19NO. The zero-order valence-corrected chi connectivity index (χ0v) is 8.61. The number of nitrogens with two attached hydrogens (primary N) is 1. The predicted molar refractivity (Wildman–Crippen MR) is 55.6 cm³/mol. The molecule has 14 heavy (non-hydrogen) atoms. The molecule has 1 aliphatic heterocycles. The Labute approximate surface area is 85.5 Å². The molecule has 3 rings (SSSR count). The monoisotopic (exact) mass is 193 g/mol. The maximum Gasteiger partial charge on any atom is 0.109 e. The summed E-state index contributed by atoms with van der Waals surface area (Å²) >= 11 is 0. The number of ether oxygens (including phenoxy) is 1. The minimum Gasteiger partial charge on any atom is -0.496 e. The molecule has 1 heterocycles. The molecule has 2 nitrogen and oxygen atoms in total. The molecule has 0 aromatic carbocycles. The van der Waals surface area contributed by atoms with E-state index in [1.807, 2.05) is 0 Å². The van der Waals surface area contributed by atoms with Crippen LogP contribution in [0.5, 0.6) is 0 Å². The minimum absolute atomic E-state index is 0.202. The van der Waals surface area contributed by atoms with E-state index < -0.39 is 0 Å². The molecule has 0 aromatic rings. The second kappa shape index (κ2) is 3.27. The Bertz CT molecular complexity index is 261. The van der Waals surface area contributed by atoms with Crippen molar-refractivity contribution in [3.63, 3.8) is 0 Å². The summed E-state index contributed by atoms with van der Waals surface area (Å²) < 4.78 is 5.57. The summed E-state index contributed by atoms with van der Waals surface area (Å²) in [6, 6.07) is 0.202. The standard InChI is InChI=1S/C12H19NO/c13-12(11-2-1-5-14-11)10-7-8-3-4-9(10)6-8/h2,8-10,12H,1,3-7,13H2. The summed E-state index contributed by atoms with van der Waals surface area (Å²) in [5.74, 6) is 3.69.